The minimum Gasteiger partial charge on any atom is -0.394 e. The number of anilines is 1. The summed E-state index contributed by atoms with van der Waals surface area (Å²) in [5.74, 6) is 0.754. The summed E-state index contributed by atoms with van der Waals surface area (Å²) >= 11 is 0. The number of aliphatic hydroxyl groups excluding tert-OH is 2. The predicted octanol–water partition coefficient (Wildman–Crippen LogP) is -1.23. The van der Waals surface area contributed by atoms with Crippen LogP contribution in [0.15, 0.2) is 18.5 Å². The zero-order chi connectivity index (χ0) is 20.2. The van der Waals surface area contributed by atoms with E-state index in [9.17, 15) is 10.2 Å². The molecule has 0 aromatic carbocycles. The highest BCUT2D eigenvalue weighted by Crippen LogP contribution is 2.27. The van der Waals surface area contributed by atoms with Crippen molar-refractivity contribution in [3.63, 3.8) is 0 Å². The summed E-state index contributed by atoms with van der Waals surface area (Å²) < 4.78 is 6.06. The third-order valence-electron chi connectivity index (χ3n) is 6.54. The highest BCUT2D eigenvalue weighted by molar-refractivity contribution is 5.29. The Labute approximate surface area is 172 Å². The number of nitrogens with one attached hydrogen (secondary N) is 1. The molecule has 3 aliphatic heterocycles. The van der Waals surface area contributed by atoms with Crippen molar-refractivity contribution in [1.29, 1.82) is 0 Å². The molecular formula is C20H34N6O3. The minimum absolute atomic E-state index is 0.107. The molecule has 162 valence electrons. The molecule has 3 N–H and O–H groups in total. The molecule has 0 aliphatic carbocycles. The average molecular weight is 407 g/mol. The summed E-state index contributed by atoms with van der Waals surface area (Å²) in [7, 11) is 2.16. The van der Waals surface area contributed by atoms with E-state index in [0.717, 1.165) is 58.1 Å². The van der Waals surface area contributed by atoms with Crippen LogP contribution in [0.4, 0.5) is 5.95 Å². The number of ether oxygens (including phenoxy) is 1. The normalized spacial score (nSPS) is 32.7. The molecule has 0 radical (unpaired) electrons. The Bertz CT molecular complexity index is 622. The first-order chi connectivity index (χ1) is 14.2. The van der Waals surface area contributed by atoms with Crippen LogP contribution in [0.5, 0.6) is 0 Å². The lowest BCUT2D eigenvalue weighted by Crippen LogP contribution is -2.58. The molecule has 4 heterocycles. The molecule has 3 aliphatic rings. The van der Waals surface area contributed by atoms with Gasteiger partial charge in [0.15, 0.2) is 0 Å². The smallest absolute Gasteiger partial charge is 0.225 e. The monoisotopic (exact) mass is 406 g/mol. The van der Waals surface area contributed by atoms with E-state index >= 15 is 0 Å². The van der Waals surface area contributed by atoms with Crippen molar-refractivity contribution in [2.75, 3.05) is 64.4 Å². The van der Waals surface area contributed by atoms with Crippen LogP contribution in [0.1, 0.15) is 12.8 Å². The second-order valence-electron chi connectivity index (χ2n) is 8.43. The van der Waals surface area contributed by atoms with Crippen LogP contribution in [0.3, 0.4) is 0 Å². The second-order valence-corrected chi connectivity index (χ2v) is 8.43. The molecule has 0 bridgehead atoms. The van der Waals surface area contributed by atoms with Crippen molar-refractivity contribution in [2.24, 2.45) is 0 Å². The molecule has 3 fully saturated rings. The van der Waals surface area contributed by atoms with E-state index < -0.39 is 12.2 Å². The van der Waals surface area contributed by atoms with Crippen LogP contribution >= 0.6 is 0 Å². The zero-order valence-electron chi connectivity index (χ0n) is 17.2. The Kier molecular flexibility index (Phi) is 6.94. The lowest BCUT2D eigenvalue weighted by molar-refractivity contribution is -0.0222. The average Bonchev–Trinajstić information content (AvgIpc) is 3.09. The first-order valence-electron chi connectivity index (χ1n) is 10.8. The van der Waals surface area contributed by atoms with Gasteiger partial charge in [-0.05, 0) is 39.0 Å². The lowest BCUT2D eigenvalue weighted by atomic mass is 10.0. The summed E-state index contributed by atoms with van der Waals surface area (Å²) in [6.07, 6.45) is 4.48. The van der Waals surface area contributed by atoms with Gasteiger partial charge in [-0.25, -0.2) is 9.97 Å². The van der Waals surface area contributed by atoms with Crippen LogP contribution in [0, 0.1) is 0 Å². The number of hydrogen-bond acceptors (Lipinski definition) is 9. The number of rotatable bonds is 6. The Balaban J connectivity index is 1.34. The molecular weight excluding hydrogens is 372 g/mol. The summed E-state index contributed by atoms with van der Waals surface area (Å²) in [4.78, 5) is 15.5. The number of piperidine rings is 1. The molecule has 4 atom stereocenters. The quantitative estimate of drug-likeness (QED) is 0.537. The van der Waals surface area contributed by atoms with Crippen molar-refractivity contribution in [3.05, 3.63) is 18.5 Å². The maximum atomic E-state index is 10.8. The summed E-state index contributed by atoms with van der Waals surface area (Å²) in [6.45, 7) is 6.02. The Morgan fingerprint density at radius 1 is 1.07 bits per heavy atom. The molecule has 0 unspecified atom stereocenters. The largest absolute Gasteiger partial charge is 0.394 e. The van der Waals surface area contributed by atoms with E-state index in [-0.39, 0.29) is 18.8 Å². The molecule has 0 amide bonds. The van der Waals surface area contributed by atoms with Gasteiger partial charge in [0.2, 0.25) is 5.95 Å². The molecule has 9 nitrogen and oxygen atoms in total. The molecule has 1 aromatic heterocycles. The molecule has 0 saturated carbocycles. The standard InChI is InChI=1S/C20H34N6O3/c1-24-7-3-15(4-8-24)23-13-16-18(19(28)17(14-27)29-16)25-9-11-26(12-10-25)20-21-5-2-6-22-20/h2,5-6,15-19,23,27-28H,3-4,7-14H2,1H3/t16-,17-,18-,19+/m0/s1. The number of hydrogen-bond donors (Lipinski definition) is 3. The van der Waals surface area contributed by atoms with Gasteiger partial charge in [-0.15, -0.1) is 0 Å². The minimum atomic E-state index is -0.677. The van der Waals surface area contributed by atoms with Gasteiger partial charge < -0.3 is 30.1 Å². The van der Waals surface area contributed by atoms with E-state index in [0.29, 0.717) is 12.6 Å². The Hall–Kier alpha value is -1.36. The van der Waals surface area contributed by atoms with E-state index in [1.165, 1.54) is 0 Å². The second kappa shape index (κ2) is 9.63. The Morgan fingerprint density at radius 2 is 1.76 bits per heavy atom. The van der Waals surface area contributed by atoms with Gasteiger partial charge in [0.1, 0.15) is 12.2 Å². The summed E-state index contributed by atoms with van der Waals surface area (Å²) in [5.41, 5.74) is 0. The SMILES string of the molecule is CN1CCC(NC[C@@H]2O[C@@H](CO)[C@@H](O)[C@H]2N2CCN(c3ncccn3)CC2)CC1. The first kappa shape index (κ1) is 20.9. The predicted molar refractivity (Wildman–Crippen MR) is 110 cm³/mol. The van der Waals surface area contributed by atoms with E-state index in [4.69, 9.17) is 4.74 Å². The summed E-state index contributed by atoms with van der Waals surface area (Å²) in [5, 5.41) is 24.1. The fourth-order valence-electron chi connectivity index (χ4n) is 4.77. The van der Waals surface area contributed by atoms with Crippen LogP contribution < -0.4 is 10.2 Å². The molecule has 0 spiro atoms. The zero-order valence-corrected chi connectivity index (χ0v) is 17.2. The van der Waals surface area contributed by atoms with Gasteiger partial charge >= 0.3 is 0 Å². The van der Waals surface area contributed by atoms with Gasteiger partial charge in [0.25, 0.3) is 0 Å². The number of aliphatic hydroxyl groups is 2. The van der Waals surface area contributed by atoms with Crippen LogP contribution in [-0.2, 0) is 4.74 Å². The first-order valence-corrected chi connectivity index (χ1v) is 10.8. The van der Waals surface area contributed by atoms with Crippen LogP contribution in [0.2, 0.25) is 0 Å². The van der Waals surface area contributed by atoms with E-state index in [2.05, 4.69) is 37.0 Å². The van der Waals surface area contributed by atoms with Crippen molar-refractivity contribution < 1.29 is 14.9 Å². The molecule has 3 saturated heterocycles. The molecule has 29 heavy (non-hydrogen) atoms. The van der Waals surface area contributed by atoms with Crippen LogP contribution in [-0.4, -0.2) is 120 Å². The number of aromatic nitrogens is 2. The molecule has 9 heteroatoms. The van der Waals surface area contributed by atoms with Gasteiger partial charge in [-0.3, -0.25) is 4.90 Å². The van der Waals surface area contributed by atoms with Gasteiger partial charge in [0.05, 0.1) is 18.8 Å². The van der Waals surface area contributed by atoms with E-state index in [1.807, 2.05) is 6.07 Å². The fraction of sp³-hybridized carbons (Fsp3) is 0.800. The van der Waals surface area contributed by atoms with Crippen molar-refractivity contribution in [1.82, 2.24) is 25.1 Å². The number of piperazine rings is 1. The highest BCUT2D eigenvalue weighted by atomic mass is 16.5. The van der Waals surface area contributed by atoms with Gasteiger partial charge in [0, 0.05) is 51.2 Å². The number of likely N-dealkylation sites (tertiary alicyclic amines) is 1. The fourth-order valence-corrected chi connectivity index (χ4v) is 4.77. The number of nitrogens with zero attached hydrogens (tertiary/aromatic N) is 5. The maximum absolute atomic E-state index is 10.8. The third kappa shape index (κ3) is 4.87. The summed E-state index contributed by atoms with van der Waals surface area (Å²) in [6, 6.07) is 2.21. The van der Waals surface area contributed by atoms with Crippen molar-refractivity contribution in [2.45, 2.75) is 43.2 Å². The molecule has 4 rings (SSSR count). The van der Waals surface area contributed by atoms with E-state index in [1.54, 1.807) is 12.4 Å². The maximum Gasteiger partial charge on any atom is 0.225 e. The molecule has 1 aromatic rings. The lowest BCUT2D eigenvalue weighted by Gasteiger charge is -2.40. The topological polar surface area (TPSA) is 97.2 Å². The van der Waals surface area contributed by atoms with Gasteiger partial charge in [-0.2, -0.15) is 0 Å². The third-order valence-corrected chi connectivity index (χ3v) is 6.54. The van der Waals surface area contributed by atoms with Crippen molar-refractivity contribution >= 4 is 5.95 Å². The highest BCUT2D eigenvalue weighted by Gasteiger charge is 2.46. The van der Waals surface area contributed by atoms with Crippen molar-refractivity contribution in [3.8, 4) is 0 Å². The Morgan fingerprint density at radius 3 is 2.41 bits per heavy atom. The van der Waals surface area contributed by atoms with Gasteiger partial charge in [-0.1, -0.05) is 0 Å². The van der Waals surface area contributed by atoms with Crippen LogP contribution in [0.25, 0.3) is 0 Å².